The third kappa shape index (κ3) is 3.81. The molecule has 0 unspecified atom stereocenters. The molecule has 1 saturated heterocycles. The fourth-order valence-electron chi connectivity index (χ4n) is 3.31. The van der Waals surface area contributed by atoms with Crippen molar-refractivity contribution in [3.05, 3.63) is 65.5 Å². The first-order valence-corrected chi connectivity index (χ1v) is 7.30. The zero-order valence-corrected chi connectivity index (χ0v) is 14.9. The quantitative estimate of drug-likeness (QED) is 0.848. The van der Waals surface area contributed by atoms with Gasteiger partial charge in [0, 0.05) is 29.9 Å². The van der Waals surface area contributed by atoms with Crippen LogP contribution in [0.15, 0.2) is 48.8 Å². The van der Waals surface area contributed by atoms with Crippen LogP contribution in [0.3, 0.4) is 0 Å². The molecular formula is C18H24Cl2N2. The van der Waals surface area contributed by atoms with Crippen molar-refractivity contribution in [2.45, 2.75) is 44.7 Å². The molecule has 2 aromatic rings. The SMILES string of the molecule is Cc1ccc([C@H]2C[C@@H](c3ccncc3)C(C)(C)N2)cc1.Cl.Cl. The molecule has 1 fully saturated rings. The van der Waals surface area contributed by atoms with Gasteiger partial charge in [-0.1, -0.05) is 29.8 Å². The van der Waals surface area contributed by atoms with Gasteiger partial charge in [0.05, 0.1) is 0 Å². The van der Waals surface area contributed by atoms with E-state index < -0.39 is 0 Å². The third-order valence-electron chi connectivity index (χ3n) is 4.48. The number of pyridine rings is 1. The summed E-state index contributed by atoms with van der Waals surface area (Å²) in [5.41, 5.74) is 4.20. The normalized spacial score (nSPS) is 22.5. The lowest BCUT2D eigenvalue weighted by Gasteiger charge is -2.27. The van der Waals surface area contributed by atoms with Crippen molar-refractivity contribution in [1.29, 1.82) is 0 Å². The first kappa shape index (κ1) is 19.0. The Morgan fingerprint density at radius 3 is 2.14 bits per heavy atom. The van der Waals surface area contributed by atoms with E-state index in [4.69, 9.17) is 0 Å². The van der Waals surface area contributed by atoms with Gasteiger partial charge in [-0.05, 0) is 50.5 Å². The Balaban J connectivity index is 0.00000121. The average Bonchev–Trinajstić information content (AvgIpc) is 2.76. The van der Waals surface area contributed by atoms with Gasteiger partial charge in [0.1, 0.15) is 0 Å². The molecule has 1 aliphatic rings. The second kappa shape index (κ2) is 7.45. The monoisotopic (exact) mass is 338 g/mol. The van der Waals surface area contributed by atoms with Crippen molar-refractivity contribution >= 4 is 24.8 Å². The standard InChI is InChI=1S/C18H22N2.2ClH/c1-13-4-6-15(7-5-13)17-12-16(18(2,3)20-17)14-8-10-19-11-9-14;;/h4-11,16-17,20H,12H2,1-3H3;2*1H/t16-,17+;;/m0../s1. The number of benzene rings is 1. The molecule has 120 valence electrons. The average molecular weight is 339 g/mol. The predicted molar refractivity (Wildman–Crippen MR) is 97.2 cm³/mol. The fraction of sp³-hybridized carbons (Fsp3) is 0.389. The number of nitrogens with zero attached hydrogens (tertiary/aromatic N) is 1. The molecule has 0 bridgehead atoms. The summed E-state index contributed by atoms with van der Waals surface area (Å²) in [7, 11) is 0. The highest BCUT2D eigenvalue weighted by Crippen LogP contribution is 2.43. The molecule has 0 amide bonds. The van der Waals surface area contributed by atoms with Crippen molar-refractivity contribution in [2.24, 2.45) is 0 Å². The largest absolute Gasteiger partial charge is 0.304 e. The highest BCUT2D eigenvalue weighted by molar-refractivity contribution is 5.85. The van der Waals surface area contributed by atoms with Gasteiger partial charge in [0.2, 0.25) is 0 Å². The summed E-state index contributed by atoms with van der Waals surface area (Å²) in [4.78, 5) is 4.13. The molecule has 1 aliphatic heterocycles. The molecule has 1 aromatic heterocycles. The van der Waals surface area contributed by atoms with Crippen molar-refractivity contribution in [3.63, 3.8) is 0 Å². The molecular weight excluding hydrogens is 315 g/mol. The first-order valence-electron chi connectivity index (χ1n) is 7.30. The minimum atomic E-state index is 0. The molecule has 4 heteroatoms. The third-order valence-corrected chi connectivity index (χ3v) is 4.48. The number of aryl methyl sites for hydroxylation is 1. The number of halogens is 2. The van der Waals surface area contributed by atoms with Gasteiger partial charge in [-0.15, -0.1) is 24.8 Å². The molecule has 0 radical (unpaired) electrons. The van der Waals surface area contributed by atoms with E-state index in [1.165, 1.54) is 16.7 Å². The first-order chi connectivity index (χ1) is 9.56. The minimum Gasteiger partial charge on any atom is -0.304 e. The van der Waals surface area contributed by atoms with E-state index in [-0.39, 0.29) is 30.4 Å². The van der Waals surface area contributed by atoms with E-state index in [2.05, 4.69) is 67.5 Å². The topological polar surface area (TPSA) is 24.9 Å². The van der Waals surface area contributed by atoms with Gasteiger partial charge in [0.25, 0.3) is 0 Å². The summed E-state index contributed by atoms with van der Waals surface area (Å²) in [6, 6.07) is 13.6. The number of rotatable bonds is 2. The number of nitrogens with one attached hydrogen (secondary N) is 1. The molecule has 0 aliphatic carbocycles. The Morgan fingerprint density at radius 2 is 1.55 bits per heavy atom. The van der Waals surface area contributed by atoms with E-state index in [1.807, 2.05) is 12.4 Å². The van der Waals surface area contributed by atoms with Crippen LogP contribution in [0.4, 0.5) is 0 Å². The van der Waals surface area contributed by atoms with E-state index in [1.54, 1.807) is 0 Å². The van der Waals surface area contributed by atoms with Crippen LogP contribution < -0.4 is 5.32 Å². The zero-order chi connectivity index (χ0) is 14.2. The molecule has 2 nitrogen and oxygen atoms in total. The van der Waals surface area contributed by atoms with Gasteiger partial charge >= 0.3 is 0 Å². The van der Waals surface area contributed by atoms with Crippen molar-refractivity contribution in [1.82, 2.24) is 10.3 Å². The molecule has 2 atom stereocenters. The summed E-state index contributed by atoms with van der Waals surface area (Å²) in [6.07, 6.45) is 4.93. The highest BCUT2D eigenvalue weighted by atomic mass is 35.5. The fourth-order valence-corrected chi connectivity index (χ4v) is 3.31. The molecule has 3 rings (SSSR count). The maximum Gasteiger partial charge on any atom is 0.0331 e. The number of hydrogen-bond donors (Lipinski definition) is 1. The molecule has 2 heterocycles. The number of aromatic nitrogens is 1. The van der Waals surface area contributed by atoms with Crippen molar-refractivity contribution < 1.29 is 0 Å². The van der Waals surface area contributed by atoms with Crippen molar-refractivity contribution in [3.8, 4) is 0 Å². The molecule has 22 heavy (non-hydrogen) atoms. The zero-order valence-electron chi connectivity index (χ0n) is 13.2. The van der Waals surface area contributed by atoms with Crippen LogP contribution in [0.25, 0.3) is 0 Å². The Hall–Kier alpha value is -1.09. The minimum absolute atomic E-state index is 0. The summed E-state index contributed by atoms with van der Waals surface area (Å²) in [5, 5.41) is 3.79. The van der Waals surface area contributed by atoms with E-state index in [0.29, 0.717) is 12.0 Å². The van der Waals surface area contributed by atoms with E-state index in [0.717, 1.165) is 6.42 Å². The summed E-state index contributed by atoms with van der Waals surface area (Å²) in [6.45, 7) is 6.73. The Morgan fingerprint density at radius 1 is 0.955 bits per heavy atom. The lowest BCUT2D eigenvalue weighted by molar-refractivity contribution is 0.397. The molecule has 1 N–H and O–H groups in total. The lowest BCUT2D eigenvalue weighted by Crippen LogP contribution is -2.37. The summed E-state index contributed by atoms with van der Waals surface area (Å²) >= 11 is 0. The number of hydrogen-bond acceptors (Lipinski definition) is 2. The van der Waals surface area contributed by atoms with E-state index >= 15 is 0 Å². The van der Waals surface area contributed by atoms with Crippen molar-refractivity contribution in [2.75, 3.05) is 0 Å². The van der Waals surface area contributed by atoms with E-state index in [9.17, 15) is 0 Å². The Labute approximate surface area is 145 Å². The van der Waals surface area contributed by atoms with Crippen LogP contribution in [0.2, 0.25) is 0 Å². The second-order valence-electron chi connectivity index (χ2n) is 6.40. The van der Waals surface area contributed by atoms with Crippen LogP contribution in [-0.2, 0) is 0 Å². The van der Waals surface area contributed by atoms with Crippen LogP contribution in [0.5, 0.6) is 0 Å². The smallest absolute Gasteiger partial charge is 0.0331 e. The maximum absolute atomic E-state index is 4.13. The van der Waals surface area contributed by atoms with Gasteiger partial charge in [0.15, 0.2) is 0 Å². The van der Waals surface area contributed by atoms with Gasteiger partial charge in [-0.2, -0.15) is 0 Å². The molecule has 0 saturated carbocycles. The van der Waals surface area contributed by atoms with Crippen LogP contribution in [0.1, 0.15) is 48.9 Å². The maximum atomic E-state index is 4.13. The predicted octanol–water partition coefficient (Wildman–Crippen LogP) is 4.83. The molecule has 1 aromatic carbocycles. The summed E-state index contributed by atoms with van der Waals surface area (Å²) < 4.78 is 0. The van der Waals surface area contributed by atoms with Gasteiger partial charge in [-0.25, -0.2) is 0 Å². The second-order valence-corrected chi connectivity index (χ2v) is 6.40. The van der Waals surface area contributed by atoms with Crippen LogP contribution >= 0.6 is 24.8 Å². The van der Waals surface area contributed by atoms with Gasteiger partial charge < -0.3 is 5.32 Å². The Kier molecular flexibility index (Phi) is 6.42. The van der Waals surface area contributed by atoms with Crippen LogP contribution in [-0.4, -0.2) is 10.5 Å². The highest BCUT2D eigenvalue weighted by Gasteiger charge is 2.40. The molecule has 0 spiro atoms. The van der Waals surface area contributed by atoms with Crippen LogP contribution in [0, 0.1) is 6.92 Å². The lowest BCUT2D eigenvalue weighted by atomic mass is 9.83. The Bertz CT molecular complexity index is 582. The summed E-state index contributed by atoms with van der Waals surface area (Å²) in [5.74, 6) is 0.525. The van der Waals surface area contributed by atoms with Gasteiger partial charge in [-0.3, -0.25) is 4.98 Å².